The van der Waals surface area contributed by atoms with E-state index in [1.54, 1.807) is 19.9 Å². The third-order valence-electron chi connectivity index (χ3n) is 6.27. The van der Waals surface area contributed by atoms with Crippen LogP contribution in [-0.4, -0.2) is 57.5 Å². The Hall–Kier alpha value is -2.14. The predicted octanol–water partition coefficient (Wildman–Crippen LogP) is 5.04. The lowest BCUT2D eigenvalue weighted by molar-refractivity contribution is 0.0641. The van der Waals surface area contributed by atoms with Crippen LogP contribution in [0.4, 0.5) is 10.3 Å². The minimum atomic E-state index is -1.24. The Labute approximate surface area is 218 Å². The molecule has 0 aliphatic carbocycles. The fourth-order valence-corrected chi connectivity index (χ4v) is 5.91. The first-order chi connectivity index (χ1) is 16.9. The number of nitrogens with zero attached hydrogens (tertiary/aromatic N) is 5. The number of nitrogens with one attached hydrogen (secondary N) is 1. The van der Waals surface area contributed by atoms with Crippen LogP contribution in [0.3, 0.4) is 0 Å². The van der Waals surface area contributed by atoms with Crippen molar-refractivity contribution >= 4 is 39.6 Å². The van der Waals surface area contributed by atoms with Gasteiger partial charge in [-0.2, -0.15) is 0 Å². The number of aliphatic hydroxyl groups is 1. The summed E-state index contributed by atoms with van der Waals surface area (Å²) < 4.78 is 31.5. The zero-order chi connectivity index (χ0) is 26.4. The third kappa shape index (κ3) is 5.41. The molecule has 0 amide bonds. The van der Waals surface area contributed by atoms with E-state index in [1.165, 1.54) is 12.3 Å². The topological polar surface area (TPSA) is 96.2 Å². The fourth-order valence-electron chi connectivity index (χ4n) is 4.54. The SMILES string of the molecule is CC(C)n1c(C(C)(C)O)nc2c(F)cc(-c3nc(NC4CCN(S(=O)C(C)C)CC4)ncc3Cl)cc21. The van der Waals surface area contributed by atoms with Crippen LogP contribution in [0.15, 0.2) is 18.3 Å². The number of anilines is 1. The number of hydrogen-bond acceptors (Lipinski definition) is 6. The van der Waals surface area contributed by atoms with Crippen LogP contribution in [0.25, 0.3) is 22.3 Å². The van der Waals surface area contributed by atoms with Crippen molar-refractivity contribution in [2.24, 2.45) is 0 Å². The monoisotopic (exact) mass is 536 g/mol. The molecule has 1 aliphatic rings. The van der Waals surface area contributed by atoms with Gasteiger partial charge in [0.1, 0.15) is 16.9 Å². The lowest BCUT2D eigenvalue weighted by atomic mass is 10.1. The summed E-state index contributed by atoms with van der Waals surface area (Å²) in [6.07, 6.45) is 3.14. The van der Waals surface area contributed by atoms with Gasteiger partial charge < -0.3 is 15.0 Å². The maximum atomic E-state index is 15.3. The highest BCUT2D eigenvalue weighted by Gasteiger charge is 2.28. The second kappa shape index (κ2) is 10.3. The van der Waals surface area contributed by atoms with Gasteiger partial charge in [0.25, 0.3) is 0 Å². The maximum Gasteiger partial charge on any atom is 0.223 e. The molecule has 3 aromatic rings. The van der Waals surface area contributed by atoms with Gasteiger partial charge in [0, 0.05) is 36.0 Å². The summed E-state index contributed by atoms with van der Waals surface area (Å²) in [6, 6.07) is 3.25. The minimum Gasteiger partial charge on any atom is -0.383 e. The molecular formula is C25H34ClFN6O2S. The van der Waals surface area contributed by atoms with Crippen molar-refractivity contribution < 1.29 is 13.7 Å². The first-order valence-corrected chi connectivity index (χ1v) is 13.8. The summed E-state index contributed by atoms with van der Waals surface area (Å²) in [4.78, 5) is 13.4. The normalized spacial score (nSPS) is 16.9. The average molecular weight is 537 g/mol. The number of aromatic nitrogens is 4. The van der Waals surface area contributed by atoms with Gasteiger partial charge in [-0.05, 0) is 66.5 Å². The van der Waals surface area contributed by atoms with Crippen LogP contribution >= 0.6 is 11.6 Å². The summed E-state index contributed by atoms with van der Waals surface area (Å²) >= 11 is 6.46. The van der Waals surface area contributed by atoms with Crippen LogP contribution < -0.4 is 5.32 Å². The molecule has 0 radical (unpaired) electrons. The van der Waals surface area contributed by atoms with Crippen molar-refractivity contribution in [3.05, 3.63) is 35.0 Å². The molecule has 0 saturated carbocycles. The largest absolute Gasteiger partial charge is 0.383 e. The molecule has 1 fully saturated rings. The van der Waals surface area contributed by atoms with E-state index in [0.717, 1.165) is 25.9 Å². The molecule has 1 atom stereocenters. The molecular weight excluding hydrogens is 503 g/mol. The molecule has 2 aromatic heterocycles. The Bertz CT molecular complexity index is 1280. The predicted molar refractivity (Wildman–Crippen MR) is 143 cm³/mol. The van der Waals surface area contributed by atoms with E-state index in [4.69, 9.17) is 11.6 Å². The number of fused-ring (bicyclic) bond motifs is 1. The summed E-state index contributed by atoms with van der Waals surface area (Å²) in [6.45, 7) is 12.6. The van der Waals surface area contributed by atoms with Crippen molar-refractivity contribution in [1.82, 2.24) is 23.8 Å². The van der Waals surface area contributed by atoms with E-state index < -0.39 is 22.4 Å². The average Bonchev–Trinajstić information content (AvgIpc) is 3.21. The lowest BCUT2D eigenvalue weighted by Crippen LogP contribution is -2.42. The van der Waals surface area contributed by atoms with E-state index >= 15 is 4.39 Å². The number of rotatable bonds is 7. The van der Waals surface area contributed by atoms with Crippen LogP contribution in [0.2, 0.25) is 5.02 Å². The maximum absolute atomic E-state index is 15.3. The first-order valence-electron chi connectivity index (χ1n) is 12.3. The van der Waals surface area contributed by atoms with Gasteiger partial charge in [-0.25, -0.2) is 27.9 Å². The third-order valence-corrected chi connectivity index (χ3v) is 8.23. The molecule has 196 valence electrons. The quantitative estimate of drug-likeness (QED) is 0.439. The second-order valence-corrected chi connectivity index (χ2v) is 12.8. The van der Waals surface area contributed by atoms with Crippen molar-refractivity contribution in [3.8, 4) is 11.3 Å². The van der Waals surface area contributed by atoms with Crippen molar-refractivity contribution in [3.63, 3.8) is 0 Å². The molecule has 1 saturated heterocycles. The molecule has 36 heavy (non-hydrogen) atoms. The number of benzene rings is 1. The van der Waals surface area contributed by atoms with Gasteiger partial charge >= 0.3 is 0 Å². The highest BCUT2D eigenvalue weighted by atomic mass is 35.5. The number of hydrogen-bond donors (Lipinski definition) is 2. The Balaban J connectivity index is 1.64. The molecule has 4 rings (SSSR count). The number of piperidine rings is 1. The summed E-state index contributed by atoms with van der Waals surface area (Å²) in [5, 5.41) is 14.4. The van der Waals surface area contributed by atoms with Gasteiger partial charge in [-0.15, -0.1) is 0 Å². The Morgan fingerprint density at radius 1 is 1.19 bits per heavy atom. The summed E-state index contributed by atoms with van der Waals surface area (Å²) in [5.41, 5.74) is 0.429. The Morgan fingerprint density at radius 3 is 2.44 bits per heavy atom. The van der Waals surface area contributed by atoms with E-state index in [-0.39, 0.29) is 22.9 Å². The zero-order valence-corrected chi connectivity index (χ0v) is 23.1. The summed E-state index contributed by atoms with van der Waals surface area (Å²) in [7, 11) is -0.976. The molecule has 1 aliphatic heterocycles. The van der Waals surface area contributed by atoms with Gasteiger partial charge in [-0.1, -0.05) is 11.6 Å². The van der Waals surface area contributed by atoms with Gasteiger partial charge in [0.15, 0.2) is 5.82 Å². The minimum absolute atomic E-state index is 0.0555. The van der Waals surface area contributed by atoms with Crippen LogP contribution in [0, 0.1) is 5.82 Å². The molecule has 3 heterocycles. The van der Waals surface area contributed by atoms with E-state index in [1.807, 2.05) is 36.6 Å². The first kappa shape index (κ1) is 26.9. The van der Waals surface area contributed by atoms with Gasteiger partial charge in [0.2, 0.25) is 5.95 Å². The molecule has 1 unspecified atom stereocenters. The second-order valence-electron chi connectivity index (χ2n) is 10.3. The molecule has 2 N–H and O–H groups in total. The van der Waals surface area contributed by atoms with Crippen LogP contribution in [-0.2, 0) is 16.6 Å². The van der Waals surface area contributed by atoms with E-state index in [2.05, 4.69) is 20.3 Å². The van der Waals surface area contributed by atoms with E-state index in [0.29, 0.717) is 33.6 Å². The van der Waals surface area contributed by atoms with Crippen LogP contribution in [0.1, 0.15) is 66.3 Å². The molecule has 0 spiro atoms. The zero-order valence-electron chi connectivity index (χ0n) is 21.5. The standard InChI is InChI=1S/C25H34ClFN6O2S/c1-14(2)33-20-12-16(11-19(27)22(20)30-23(33)25(5,6)34)21-18(26)13-28-24(31-21)29-17-7-9-32(10-8-17)36(35)15(3)4/h11-15,17,34H,7-10H2,1-6H3,(H,28,29,31). The van der Waals surface area contributed by atoms with Gasteiger partial charge in [-0.3, -0.25) is 0 Å². The molecule has 11 heteroatoms. The van der Waals surface area contributed by atoms with Crippen molar-refractivity contribution in [1.29, 1.82) is 0 Å². The molecule has 1 aromatic carbocycles. The van der Waals surface area contributed by atoms with Gasteiger partial charge in [0.05, 0.1) is 33.4 Å². The van der Waals surface area contributed by atoms with Crippen molar-refractivity contribution in [2.75, 3.05) is 18.4 Å². The molecule has 0 bridgehead atoms. The summed E-state index contributed by atoms with van der Waals surface area (Å²) in [5.74, 6) is 0.291. The molecule has 8 nitrogen and oxygen atoms in total. The van der Waals surface area contributed by atoms with Crippen LogP contribution in [0.5, 0.6) is 0 Å². The Kier molecular flexibility index (Phi) is 7.71. The highest BCUT2D eigenvalue weighted by molar-refractivity contribution is 7.83. The van der Waals surface area contributed by atoms with E-state index in [9.17, 15) is 9.32 Å². The Morgan fingerprint density at radius 2 is 1.86 bits per heavy atom. The number of imidazole rings is 1. The highest BCUT2D eigenvalue weighted by Crippen LogP contribution is 2.34. The number of halogens is 2. The smallest absolute Gasteiger partial charge is 0.223 e. The lowest BCUT2D eigenvalue weighted by Gasteiger charge is -2.32. The van der Waals surface area contributed by atoms with Crippen molar-refractivity contribution in [2.45, 2.75) is 77.3 Å². The fraction of sp³-hybridized carbons (Fsp3) is 0.560.